The summed E-state index contributed by atoms with van der Waals surface area (Å²) >= 11 is 0. The molecule has 4 aromatic rings. The lowest BCUT2D eigenvalue weighted by molar-refractivity contribution is 0.626. The van der Waals surface area contributed by atoms with Gasteiger partial charge in [-0.25, -0.2) is 13.8 Å². The standard InChI is InChI=1S/C22H16F2N2/c23-19-10-6-16(7-11-19)14-26-15-21(17-4-2-1-3-5-17)25-22(26)18-8-12-20(24)13-9-18/h1-13,15H,14H2. The molecule has 0 spiro atoms. The number of halogens is 2. The molecular formula is C22H16F2N2. The van der Waals surface area contributed by atoms with Crippen molar-refractivity contribution < 1.29 is 8.78 Å². The van der Waals surface area contributed by atoms with Crippen molar-refractivity contribution in [2.24, 2.45) is 0 Å². The Balaban J connectivity index is 1.78. The fourth-order valence-electron chi connectivity index (χ4n) is 2.90. The van der Waals surface area contributed by atoms with Gasteiger partial charge in [0.2, 0.25) is 0 Å². The molecule has 0 aliphatic heterocycles. The van der Waals surface area contributed by atoms with Gasteiger partial charge in [0.05, 0.1) is 5.69 Å². The maximum atomic E-state index is 13.3. The third-order valence-electron chi connectivity index (χ3n) is 4.21. The zero-order valence-electron chi connectivity index (χ0n) is 13.9. The van der Waals surface area contributed by atoms with Crippen molar-refractivity contribution in [3.8, 4) is 22.6 Å². The van der Waals surface area contributed by atoms with E-state index >= 15 is 0 Å². The van der Waals surface area contributed by atoms with Crippen LogP contribution in [0, 0.1) is 11.6 Å². The number of rotatable bonds is 4. The zero-order chi connectivity index (χ0) is 17.9. The van der Waals surface area contributed by atoms with Gasteiger partial charge in [-0.1, -0.05) is 42.5 Å². The second kappa shape index (κ2) is 6.92. The largest absolute Gasteiger partial charge is 0.326 e. The smallest absolute Gasteiger partial charge is 0.140 e. The lowest BCUT2D eigenvalue weighted by Gasteiger charge is -2.08. The van der Waals surface area contributed by atoms with E-state index < -0.39 is 0 Å². The number of benzene rings is 3. The van der Waals surface area contributed by atoms with Crippen molar-refractivity contribution in [1.82, 2.24) is 9.55 Å². The van der Waals surface area contributed by atoms with Gasteiger partial charge in [0.25, 0.3) is 0 Å². The van der Waals surface area contributed by atoms with Crippen LogP contribution in [0.1, 0.15) is 5.56 Å². The Morgan fingerprint density at radius 1 is 0.692 bits per heavy atom. The van der Waals surface area contributed by atoms with E-state index in [0.29, 0.717) is 6.54 Å². The maximum absolute atomic E-state index is 13.3. The van der Waals surface area contributed by atoms with Gasteiger partial charge in [-0.2, -0.15) is 0 Å². The summed E-state index contributed by atoms with van der Waals surface area (Å²) < 4.78 is 28.5. The number of imidazole rings is 1. The molecule has 1 aromatic heterocycles. The van der Waals surface area contributed by atoms with Crippen molar-refractivity contribution >= 4 is 0 Å². The van der Waals surface area contributed by atoms with E-state index in [1.807, 2.05) is 41.1 Å². The molecule has 26 heavy (non-hydrogen) atoms. The Morgan fingerprint density at radius 3 is 1.96 bits per heavy atom. The van der Waals surface area contributed by atoms with Crippen LogP contribution in [0.3, 0.4) is 0 Å². The first-order chi connectivity index (χ1) is 12.7. The molecule has 4 rings (SSSR count). The summed E-state index contributed by atoms with van der Waals surface area (Å²) in [6, 6.07) is 22.6. The highest BCUT2D eigenvalue weighted by Crippen LogP contribution is 2.26. The zero-order valence-corrected chi connectivity index (χ0v) is 13.9. The second-order valence-corrected chi connectivity index (χ2v) is 6.08. The third-order valence-corrected chi connectivity index (χ3v) is 4.21. The monoisotopic (exact) mass is 346 g/mol. The molecule has 0 saturated carbocycles. The molecule has 0 saturated heterocycles. The Bertz CT molecular complexity index is 1000. The minimum atomic E-state index is -0.284. The van der Waals surface area contributed by atoms with Crippen LogP contribution in [-0.4, -0.2) is 9.55 Å². The van der Waals surface area contributed by atoms with Crippen LogP contribution in [-0.2, 0) is 6.54 Å². The van der Waals surface area contributed by atoms with Crippen LogP contribution < -0.4 is 0 Å². The van der Waals surface area contributed by atoms with Crippen LogP contribution in [0.4, 0.5) is 8.78 Å². The van der Waals surface area contributed by atoms with E-state index in [2.05, 4.69) is 0 Å². The van der Waals surface area contributed by atoms with Gasteiger partial charge >= 0.3 is 0 Å². The molecule has 0 bridgehead atoms. The van der Waals surface area contributed by atoms with Gasteiger partial charge in [0.15, 0.2) is 0 Å². The molecule has 0 radical (unpaired) electrons. The average molecular weight is 346 g/mol. The van der Waals surface area contributed by atoms with E-state index in [4.69, 9.17) is 4.98 Å². The summed E-state index contributed by atoms with van der Waals surface area (Å²) in [7, 11) is 0. The average Bonchev–Trinajstić information content (AvgIpc) is 3.09. The highest BCUT2D eigenvalue weighted by Gasteiger charge is 2.12. The van der Waals surface area contributed by atoms with Gasteiger partial charge in [0.1, 0.15) is 17.5 Å². The van der Waals surface area contributed by atoms with Crippen molar-refractivity contribution in [3.63, 3.8) is 0 Å². The summed E-state index contributed by atoms with van der Waals surface area (Å²) in [5.74, 6) is 0.199. The Hall–Kier alpha value is -3.27. The van der Waals surface area contributed by atoms with E-state index in [-0.39, 0.29) is 11.6 Å². The second-order valence-electron chi connectivity index (χ2n) is 6.08. The highest BCUT2D eigenvalue weighted by atomic mass is 19.1. The SMILES string of the molecule is Fc1ccc(Cn2cc(-c3ccccc3)nc2-c2ccc(F)cc2)cc1. The Kier molecular flexibility index (Phi) is 4.32. The predicted molar refractivity (Wildman–Crippen MR) is 98.6 cm³/mol. The molecule has 128 valence electrons. The summed E-state index contributed by atoms with van der Waals surface area (Å²) in [6.07, 6.45) is 1.97. The molecule has 3 aromatic carbocycles. The molecule has 0 N–H and O–H groups in total. The highest BCUT2D eigenvalue weighted by molar-refractivity contribution is 5.65. The number of nitrogens with zero attached hydrogens (tertiary/aromatic N) is 2. The van der Waals surface area contributed by atoms with Crippen molar-refractivity contribution in [2.45, 2.75) is 6.54 Å². The van der Waals surface area contributed by atoms with Gasteiger partial charge < -0.3 is 4.57 Å². The van der Waals surface area contributed by atoms with E-state index in [1.165, 1.54) is 24.3 Å². The first kappa shape index (κ1) is 16.2. The predicted octanol–water partition coefficient (Wildman–Crippen LogP) is 5.54. The van der Waals surface area contributed by atoms with Gasteiger partial charge in [-0.3, -0.25) is 0 Å². The van der Waals surface area contributed by atoms with Crippen LogP contribution in [0.25, 0.3) is 22.6 Å². The number of aromatic nitrogens is 2. The van der Waals surface area contributed by atoms with E-state index in [0.717, 1.165) is 28.2 Å². The lowest BCUT2D eigenvalue weighted by Crippen LogP contribution is -2.01. The third kappa shape index (κ3) is 3.40. The minimum Gasteiger partial charge on any atom is -0.326 e. The van der Waals surface area contributed by atoms with E-state index in [9.17, 15) is 8.78 Å². The Morgan fingerprint density at radius 2 is 1.31 bits per heavy atom. The van der Waals surface area contributed by atoms with Crippen LogP contribution in [0.2, 0.25) is 0 Å². The Labute approximate surface area is 150 Å². The van der Waals surface area contributed by atoms with Crippen molar-refractivity contribution in [1.29, 1.82) is 0 Å². The molecular weight excluding hydrogens is 330 g/mol. The summed E-state index contributed by atoms with van der Waals surface area (Å²) in [5.41, 5.74) is 3.64. The fourth-order valence-corrected chi connectivity index (χ4v) is 2.90. The summed E-state index contributed by atoms with van der Waals surface area (Å²) in [5, 5.41) is 0. The van der Waals surface area contributed by atoms with E-state index in [1.54, 1.807) is 24.3 Å². The van der Waals surface area contributed by atoms with Gasteiger partial charge in [-0.05, 0) is 42.0 Å². The molecule has 0 aliphatic rings. The molecule has 0 fully saturated rings. The molecule has 0 unspecified atom stereocenters. The van der Waals surface area contributed by atoms with Crippen molar-refractivity contribution in [2.75, 3.05) is 0 Å². The van der Waals surface area contributed by atoms with Gasteiger partial charge in [0, 0.05) is 23.9 Å². The fraction of sp³-hybridized carbons (Fsp3) is 0.0455. The number of hydrogen-bond acceptors (Lipinski definition) is 1. The summed E-state index contributed by atoms with van der Waals surface area (Å²) in [4.78, 5) is 4.76. The van der Waals surface area contributed by atoms with Gasteiger partial charge in [-0.15, -0.1) is 0 Å². The minimum absolute atomic E-state index is 0.261. The first-order valence-electron chi connectivity index (χ1n) is 8.32. The number of hydrogen-bond donors (Lipinski definition) is 0. The van der Waals surface area contributed by atoms with Crippen molar-refractivity contribution in [3.05, 3.63) is 102 Å². The maximum Gasteiger partial charge on any atom is 0.140 e. The normalized spacial score (nSPS) is 10.8. The molecule has 2 nitrogen and oxygen atoms in total. The lowest BCUT2D eigenvalue weighted by atomic mass is 10.2. The molecule has 1 heterocycles. The first-order valence-corrected chi connectivity index (χ1v) is 8.32. The molecule has 0 aliphatic carbocycles. The topological polar surface area (TPSA) is 17.8 Å². The van der Waals surface area contributed by atoms with Crippen LogP contribution in [0.5, 0.6) is 0 Å². The molecule has 0 atom stereocenters. The summed E-state index contributed by atoms with van der Waals surface area (Å²) in [6.45, 7) is 0.548. The molecule has 0 amide bonds. The van der Waals surface area contributed by atoms with Crippen LogP contribution in [0.15, 0.2) is 85.1 Å². The quantitative estimate of drug-likeness (QED) is 0.474. The molecule has 4 heteroatoms. The van der Waals surface area contributed by atoms with Crippen LogP contribution >= 0.6 is 0 Å².